The molecule has 104 valence electrons. The fourth-order valence-electron chi connectivity index (χ4n) is 1.61. The lowest BCUT2D eigenvalue weighted by molar-refractivity contribution is 0.508. The highest BCUT2D eigenvalue weighted by Gasteiger charge is 2.32. The molecule has 0 aliphatic rings. The summed E-state index contributed by atoms with van der Waals surface area (Å²) >= 11 is 6.64. The number of sulfonamides is 1. The quantitative estimate of drug-likeness (QED) is 0.764. The van der Waals surface area contributed by atoms with Gasteiger partial charge in [-0.15, -0.1) is 0 Å². The summed E-state index contributed by atoms with van der Waals surface area (Å²) in [6.45, 7) is 5.27. The number of nitrogens with one attached hydrogen (secondary N) is 1. The van der Waals surface area contributed by atoms with Crippen molar-refractivity contribution in [2.75, 3.05) is 10.7 Å². The first-order chi connectivity index (χ1) is 8.17. The number of aryl methyl sites for hydroxylation is 2. The lowest BCUT2D eigenvalue weighted by atomic mass is 10.1. The average Bonchev–Trinajstić information content (AvgIpc) is 2.52. The first-order valence-electron chi connectivity index (χ1n) is 5.33. The van der Waals surface area contributed by atoms with E-state index >= 15 is 0 Å². The summed E-state index contributed by atoms with van der Waals surface area (Å²) in [5, 5.41) is 5.17. The van der Waals surface area contributed by atoms with Crippen molar-refractivity contribution < 1.29 is 8.42 Å². The first-order valence-corrected chi connectivity index (χ1v) is 9.05. The second kappa shape index (κ2) is 5.60. The van der Waals surface area contributed by atoms with Crippen LogP contribution in [0.2, 0.25) is 0 Å². The molecule has 8 heteroatoms. The molecule has 0 amide bonds. The van der Waals surface area contributed by atoms with E-state index in [0.717, 1.165) is 0 Å². The van der Waals surface area contributed by atoms with Crippen molar-refractivity contribution in [2.24, 2.45) is 7.05 Å². The number of nitrogens with zero attached hydrogens (tertiary/aromatic N) is 2. The Morgan fingerprint density at radius 2 is 1.83 bits per heavy atom. The van der Waals surface area contributed by atoms with E-state index in [1.165, 1.54) is 0 Å². The van der Waals surface area contributed by atoms with Gasteiger partial charge < -0.3 is 0 Å². The highest BCUT2D eigenvalue weighted by atomic mass is 79.9. The number of rotatable bonds is 5. The van der Waals surface area contributed by atoms with Crippen LogP contribution in [-0.4, -0.2) is 34.4 Å². The molecular formula is C10H17Br2N3O2S. The molecule has 0 bridgehead atoms. The number of hydrogen-bond donors (Lipinski definition) is 1. The highest BCUT2D eigenvalue weighted by Crippen LogP contribution is 2.22. The van der Waals surface area contributed by atoms with E-state index in [9.17, 15) is 8.42 Å². The number of alkyl halides is 2. The van der Waals surface area contributed by atoms with Crippen molar-refractivity contribution in [1.82, 2.24) is 14.5 Å². The van der Waals surface area contributed by atoms with Crippen LogP contribution in [0.1, 0.15) is 18.3 Å². The zero-order valence-electron chi connectivity index (χ0n) is 10.8. The maximum atomic E-state index is 12.4. The van der Waals surface area contributed by atoms with Gasteiger partial charge in [0.15, 0.2) is 0 Å². The van der Waals surface area contributed by atoms with Gasteiger partial charge in [-0.2, -0.15) is 5.10 Å². The topological polar surface area (TPSA) is 64.0 Å². The molecular weight excluding hydrogens is 386 g/mol. The van der Waals surface area contributed by atoms with E-state index in [2.05, 4.69) is 41.7 Å². The van der Waals surface area contributed by atoms with Crippen LogP contribution < -0.4 is 4.72 Å². The Bertz CT molecular complexity index is 536. The molecule has 0 saturated carbocycles. The van der Waals surface area contributed by atoms with E-state index in [1.807, 2.05) is 6.92 Å². The molecule has 0 saturated heterocycles. The van der Waals surface area contributed by atoms with Crippen molar-refractivity contribution >= 4 is 41.9 Å². The van der Waals surface area contributed by atoms with Crippen molar-refractivity contribution in [2.45, 2.75) is 31.2 Å². The third kappa shape index (κ3) is 3.15. The molecule has 18 heavy (non-hydrogen) atoms. The van der Waals surface area contributed by atoms with Crippen LogP contribution in [0.25, 0.3) is 0 Å². The molecule has 0 aliphatic carbocycles. The van der Waals surface area contributed by atoms with Gasteiger partial charge in [-0.05, 0) is 20.8 Å². The van der Waals surface area contributed by atoms with Gasteiger partial charge in [-0.25, -0.2) is 13.1 Å². The van der Waals surface area contributed by atoms with E-state index in [-0.39, 0.29) is 4.90 Å². The number of aromatic nitrogens is 2. The van der Waals surface area contributed by atoms with Crippen molar-refractivity contribution in [3.8, 4) is 0 Å². The average molecular weight is 403 g/mol. The largest absolute Gasteiger partial charge is 0.271 e. The van der Waals surface area contributed by atoms with Gasteiger partial charge in [0.1, 0.15) is 4.90 Å². The lowest BCUT2D eigenvalue weighted by Crippen LogP contribution is -2.49. The van der Waals surface area contributed by atoms with Crippen LogP contribution in [0.15, 0.2) is 4.90 Å². The molecule has 0 radical (unpaired) electrons. The number of halogens is 2. The van der Waals surface area contributed by atoms with Crippen LogP contribution in [0.5, 0.6) is 0 Å². The molecule has 0 aliphatic heterocycles. The van der Waals surface area contributed by atoms with Crippen molar-refractivity contribution in [3.63, 3.8) is 0 Å². The minimum absolute atomic E-state index is 0.262. The van der Waals surface area contributed by atoms with Gasteiger partial charge in [0.05, 0.1) is 11.4 Å². The molecule has 0 atom stereocenters. The van der Waals surface area contributed by atoms with Crippen molar-refractivity contribution in [3.05, 3.63) is 11.4 Å². The number of hydrogen-bond acceptors (Lipinski definition) is 3. The SMILES string of the molecule is Cc1nn(C)c(C)c1S(=O)(=O)NC(C)(CBr)CBr. The zero-order chi connectivity index (χ0) is 14.1. The molecule has 0 fully saturated rings. The van der Waals surface area contributed by atoms with Gasteiger partial charge in [-0.1, -0.05) is 31.9 Å². The van der Waals surface area contributed by atoms with Crippen LogP contribution in [0.4, 0.5) is 0 Å². The smallest absolute Gasteiger partial charge is 0.244 e. The van der Waals surface area contributed by atoms with E-state index in [4.69, 9.17) is 0 Å². The Morgan fingerprint density at radius 3 is 2.17 bits per heavy atom. The van der Waals surface area contributed by atoms with E-state index in [1.54, 1.807) is 25.6 Å². The van der Waals surface area contributed by atoms with Gasteiger partial charge in [0, 0.05) is 23.2 Å². The Labute approximate surface area is 125 Å². The predicted octanol–water partition coefficient (Wildman–Crippen LogP) is 1.86. The van der Waals surface area contributed by atoms with Gasteiger partial charge in [0.2, 0.25) is 10.0 Å². The highest BCUT2D eigenvalue weighted by molar-refractivity contribution is 9.09. The summed E-state index contributed by atoms with van der Waals surface area (Å²) in [7, 11) is -1.84. The second-order valence-electron chi connectivity index (χ2n) is 4.56. The maximum absolute atomic E-state index is 12.4. The second-order valence-corrected chi connectivity index (χ2v) is 7.30. The molecule has 0 unspecified atom stereocenters. The molecule has 5 nitrogen and oxygen atoms in total. The zero-order valence-corrected chi connectivity index (χ0v) is 14.8. The lowest BCUT2D eigenvalue weighted by Gasteiger charge is -2.26. The minimum Gasteiger partial charge on any atom is -0.271 e. The summed E-state index contributed by atoms with van der Waals surface area (Å²) in [6, 6.07) is 0. The predicted molar refractivity (Wildman–Crippen MR) is 79.0 cm³/mol. The molecule has 1 N–H and O–H groups in total. The maximum Gasteiger partial charge on any atom is 0.244 e. The summed E-state index contributed by atoms with van der Waals surface area (Å²) in [6.07, 6.45) is 0. The Morgan fingerprint density at radius 1 is 1.33 bits per heavy atom. The first kappa shape index (κ1) is 16.1. The standard InChI is InChI=1S/C10H17Br2N3O2S/c1-7-9(8(2)15(4)13-7)18(16,17)14-10(3,5-11)6-12/h14H,5-6H2,1-4H3. The normalized spacial score (nSPS) is 13.0. The molecule has 1 aromatic heterocycles. The van der Waals surface area contributed by atoms with E-state index < -0.39 is 15.6 Å². The van der Waals surface area contributed by atoms with Crippen molar-refractivity contribution in [1.29, 1.82) is 0 Å². The fourth-order valence-corrected chi connectivity index (χ4v) is 5.03. The van der Waals surface area contributed by atoms with Gasteiger partial charge >= 0.3 is 0 Å². The molecule has 1 heterocycles. The molecule has 0 spiro atoms. The van der Waals surface area contributed by atoms with Crippen LogP contribution in [-0.2, 0) is 17.1 Å². The molecule has 1 rings (SSSR count). The van der Waals surface area contributed by atoms with Crippen LogP contribution in [0.3, 0.4) is 0 Å². The monoisotopic (exact) mass is 401 g/mol. The van der Waals surface area contributed by atoms with Gasteiger partial charge in [-0.3, -0.25) is 4.68 Å². The Balaban J connectivity index is 3.23. The molecule has 0 aromatic carbocycles. The minimum atomic E-state index is -3.58. The van der Waals surface area contributed by atoms with E-state index in [0.29, 0.717) is 22.0 Å². The van der Waals surface area contributed by atoms with Crippen LogP contribution in [0, 0.1) is 13.8 Å². The molecule has 1 aromatic rings. The van der Waals surface area contributed by atoms with Gasteiger partial charge in [0.25, 0.3) is 0 Å². The Hall–Kier alpha value is 0.0800. The summed E-state index contributed by atoms with van der Waals surface area (Å²) < 4.78 is 29.1. The summed E-state index contributed by atoms with van der Waals surface area (Å²) in [5.41, 5.74) is 0.564. The summed E-state index contributed by atoms with van der Waals surface area (Å²) in [4.78, 5) is 0.262. The summed E-state index contributed by atoms with van der Waals surface area (Å²) in [5.74, 6) is 0. The van der Waals surface area contributed by atoms with Crippen LogP contribution >= 0.6 is 31.9 Å². The third-order valence-electron chi connectivity index (χ3n) is 2.68. The Kier molecular flexibility index (Phi) is 5.02. The fraction of sp³-hybridized carbons (Fsp3) is 0.700. The third-order valence-corrected chi connectivity index (χ3v) is 7.05.